The predicted molar refractivity (Wildman–Crippen MR) is 61.5 cm³/mol. The van der Waals surface area contributed by atoms with Crippen LogP contribution in [-0.2, 0) is 4.79 Å². The van der Waals surface area contributed by atoms with Crippen molar-refractivity contribution < 1.29 is 4.79 Å². The molecule has 1 fully saturated rings. The average Bonchev–Trinajstić information content (AvgIpc) is 2.20. The van der Waals surface area contributed by atoms with E-state index in [-0.39, 0.29) is 17.9 Å². The van der Waals surface area contributed by atoms with E-state index < -0.39 is 0 Å². The van der Waals surface area contributed by atoms with Gasteiger partial charge in [-0.15, -0.1) is 0 Å². The molecule has 3 N–H and O–H groups in total. The van der Waals surface area contributed by atoms with Gasteiger partial charge in [0.05, 0.1) is 6.04 Å². The summed E-state index contributed by atoms with van der Waals surface area (Å²) in [6.45, 7) is 6.06. The van der Waals surface area contributed by atoms with Crippen LogP contribution in [0.2, 0.25) is 0 Å². The summed E-state index contributed by atoms with van der Waals surface area (Å²) in [6.07, 6.45) is 2.07. The molecule has 4 nitrogen and oxygen atoms in total. The van der Waals surface area contributed by atoms with Crippen molar-refractivity contribution >= 4 is 5.91 Å². The summed E-state index contributed by atoms with van der Waals surface area (Å²) in [5, 5.41) is 3.03. The number of carbonyl (C=O) groups is 1. The lowest BCUT2D eigenvalue weighted by Crippen LogP contribution is -2.50. The van der Waals surface area contributed by atoms with Gasteiger partial charge >= 0.3 is 0 Å². The van der Waals surface area contributed by atoms with E-state index in [9.17, 15) is 4.79 Å². The van der Waals surface area contributed by atoms with E-state index in [0.29, 0.717) is 6.04 Å². The maximum atomic E-state index is 11.7. The topological polar surface area (TPSA) is 58.4 Å². The third-order valence-electron chi connectivity index (χ3n) is 3.09. The van der Waals surface area contributed by atoms with Crippen LogP contribution in [0, 0.1) is 5.92 Å². The minimum Gasteiger partial charge on any atom is -0.352 e. The zero-order valence-electron chi connectivity index (χ0n) is 9.99. The van der Waals surface area contributed by atoms with Crippen LogP contribution in [0.5, 0.6) is 0 Å². The third kappa shape index (κ3) is 3.80. The summed E-state index contributed by atoms with van der Waals surface area (Å²) in [7, 11) is 2.11. The SMILES string of the molecule is CC(C)[C@@H](N)C(=O)NC1CCN(C)CC1. The Morgan fingerprint density at radius 3 is 2.40 bits per heavy atom. The maximum absolute atomic E-state index is 11.7. The second kappa shape index (κ2) is 5.47. The second-order valence-electron chi connectivity index (χ2n) is 4.86. The first-order chi connectivity index (χ1) is 7.00. The molecule has 1 heterocycles. The molecule has 1 amide bonds. The first-order valence-electron chi connectivity index (χ1n) is 5.75. The maximum Gasteiger partial charge on any atom is 0.237 e. The van der Waals surface area contributed by atoms with Gasteiger partial charge in [-0.05, 0) is 38.9 Å². The molecule has 0 aromatic carbocycles. The monoisotopic (exact) mass is 213 g/mol. The Morgan fingerprint density at radius 2 is 1.93 bits per heavy atom. The van der Waals surface area contributed by atoms with E-state index in [1.807, 2.05) is 13.8 Å². The van der Waals surface area contributed by atoms with Gasteiger partial charge in [-0.2, -0.15) is 0 Å². The van der Waals surface area contributed by atoms with E-state index in [4.69, 9.17) is 5.73 Å². The molecule has 1 aliphatic heterocycles. The van der Waals surface area contributed by atoms with Crippen LogP contribution in [0.25, 0.3) is 0 Å². The van der Waals surface area contributed by atoms with Crippen molar-refractivity contribution in [3.63, 3.8) is 0 Å². The molecule has 0 aromatic rings. The minimum atomic E-state index is -0.371. The largest absolute Gasteiger partial charge is 0.352 e. The number of nitrogens with one attached hydrogen (secondary N) is 1. The fourth-order valence-electron chi connectivity index (χ4n) is 1.75. The van der Waals surface area contributed by atoms with Gasteiger partial charge in [0.15, 0.2) is 0 Å². The van der Waals surface area contributed by atoms with E-state index in [2.05, 4.69) is 17.3 Å². The van der Waals surface area contributed by atoms with Crippen LogP contribution >= 0.6 is 0 Å². The minimum absolute atomic E-state index is 0.000414. The van der Waals surface area contributed by atoms with Crippen molar-refractivity contribution in [3.8, 4) is 0 Å². The van der Waals surface area contributed by atoms with Crippen LogP contribution in [0.15, 0.2) is 0 Å². The molecule has 15 heavy (non-hydrogen) atoms. The number of nitrogens with two attached hydrogens (primary N) is 1. The van der Waals surface area contributed by atoms with Gasteiger partial charge in [0.2, 0.25) is 5.91 Å². The highest BCUT2D eigenvalue weighted by atomic mass is 16.2. The van der Waals surface area contributed by atoms with Gasteiger partial charge < -0.3 is 16.0 Å². The van der Waals surface area contributed by atoms with Gasteiger partial charge in [0.25, 0.3) is 0 Å². The predicted octanol–water partition coefficient (Wildman–Crippen LogP) is 0.180. The molecule has 0 aliphatic carbocycles. The normalized spacial score (nSPS) is 21.7. The Balaban J connectivity index is 2.32. The number of carbonyl (C=O) groups excluding carboxylic acids is 1. The van der Waals surface area contributed by atoms with Gasteiger partial charge in [0.1, 0.15) is 0 Å². The van der Waals surface area contributed by atoms with Crippen molar-refractivity contribution in [1.29, 1.82) is 0 Å². The van der Waals surface area contributed by atoms with Crippen molar-refractivity contribution in [1.82, 2.24) is 10.2 Å². The molecule has 1 saturated heterocycles. The molecule has 0 unspecified atom stereocenters. The standard InChI is InChI=1S/C11H23N3O/c1-8(2)10(12)11(15)13-9-4-6-14(3)7-5-9/h8-10H,4-7,12H2,1-3H3,(H,13,15)/t10-/m1/s1. The summed E-state index contributed by atoms with van der Waals surface area (Å²) >= 11 is 0. The third-order valence-corrected chi connectivity index (χ3v) is 3.09. The molecular formula is C11H23N3O. The number of nitrogens with zero attached hydrogens (tertiary/aromatic N) is 1. The Morgan fingerprint density at radius 1 is 1.40 bits per heavy atom. The van der Waals surface area contributed by atoms with E-state index in [0.717, 1.165) is 25.9 Å². The number of hydrogen-bond donors (Lipinski definition) is 2. The van der Waals surface area contributed by atoms with Crippen molar-refractivity contribution in [2.45, 2.75) is 38.8 Å². The lowest BCUT2D eigenvalue weighted by Gasteiger charge is -2.30. The number of rotatable bonds is 3. The zero-order valence-corrected chi connectivity index (χ0v) is 9.99. The van der Waals surface area contributed by atoms with Crippen LogP contribution in [0.3, 0.4) is 0 Å². The first kappa shape index (κ1) is 12.5. The second-order valence-corrected chi connectivity index (χ2v) is 4.86. The highest BCUT2D eigenvalue weighted by Crippen LogP contribution is 2.09. The van der Waals surface area contributed by atoms with Crippen molar-refractivity contribution in [2.75, 3.05) is 20.1 Å². The molecule has 0 radical (unpaired) electrons. The van der Waals surface area contributed by atoms with Crippen LogP contribution < -0.4 is 11.1 Å². The summed E-state index contributed by atoms with van der Waals surface area (Å²) in [5.74, 6) is 0.204. The van der Waals surface area contributed by atoms with E-state index in [1.54, 1.807) is 0 Å². The molecule has 0 spiro atoms. The molecule has 4 heteroatoms. The van der Waals surface area contributed by atoms with Crippen LogP contribution in [0.1, 0.15) is 26.7 Å². The molecule has 88 valence electrons. The number of amides is 1. The summed E-state index contributed by atoms with van der Waals surface area (Å²) in [5.41, 5.74) is 5.78. The molecule has 0 bridgehead atoms. The smallest absolute Gasteiger partial charge is 0.237 e. The molecule has 1 rings (SSSR count). The van der Waals surface area contributed by atoms with Gasteiger partial charge in [-0.1, -0.05) is 13.8 Å². The Kier molecular flexibility index (Phi) is 4.54. The molecule has 1 atom stereocenters. The highest BCUT2D eigenvalue weighted by molar-refractivity contribution is 5.82. The van der Waals surface area contributed by atoms with E-state index in [1.165, 1.54) is 0 Å². The van der Waals surface area contributed by atoms with Gasteiger partial charge in [-0.25, -0.2) is 0 Å². The molecule has 1 aliphatic rings. The van der Waals surface area contributed by atoms with Crippen LogP contribution in [-0.4, -0.2) is 43.0 Å². The first-order valence-corrected chi connectivity index (χ1v) is 5.75. The fraction of sp³-hybridized carbons (Fsp3) is 0.909. The van der Waals surface area contributed by atoms with Crippen LogP contribution in [0.4, 0.5) is 0 Å². The van der Waals surface area contributed by atoms with Crippen molar-refractivity contribution in [2.24, 2.45) is 11.7 Å². The van der Waals surface area contributed by atoms with Gasteiger partial charge in [-0.3, -0.25) is 4.79 Å². The molecular weight excluding hydrogens is 190 g/mol. The Hall–Kier alpha value is -0.610. The summed E-state index contributed by atoms with van der Waals surface area (Å²) < 4.78 is 0. The quantitative estimate of drug-likeness (QED) is 0.703. The number of piperidine rings is 1. The number of likely N-dealkylation sites (tertiary alicyclic amines) is 1. The van der Waals surface area contributed by atoms with E-state index >= 15 is 0 Å². The highest BCUT2D eigenvalue weighted by Gasteiger charge is 2.22. The molecule has 0 aromatic heterocycles. The Labute approximate surface area is 92.2 Å². The average molecular weight is 213 g/mol. The summed E-state index contributed by atoms with van der Waals surface area (Å²) in [4.78, 5) is 14.0. The lowest BCUT2D eigenvalue weighted by atomic mass is 10.0. The van der Waals surface area contributed by atoms with Crippen molar-refractivity contribution in [3.05, 3.63) is 0 Å². The van der Waals surface area contributed by atoms with Gasteiger partial charge in [0, 0.05) is 6.04 Å². The molecule has 0 saturated carbocycles. The lowest BCUT2D eigenvalue weighted by molar-refractivity contribution is -0.124. The zero-order chi connectivity index (χ0) is 11.4. The summed E-state index contributed by atoms with van der Waals surface area (Å²) in [6, 6.07) is -0.0526. The Bertz CT molecular complexity index is 210. The fourth-order valence-corrected chi connectivity index (χ4v) is 1.75. The number of hydrogen-bond acceptors (Lipinski definition) is 3.